The zero-order chi connectivity index (χ0) is 14.4. The van der Waals surface area contributed by atoms with Crippen LogP contribution in [0, 0.1) is 6.92 Å². The van der Waals surface area contributed by atoms with Crippen molar-refractivity contribution < 1.29 is 4.74 Å². The van der Waals surface area contributed by atoms with Gasteiger partial charge in [-0.05, 0) is 32.5 Å². The normalized spacial score (nSPS) is 12.2. The second kappa shape index (κ2) is 7.01. The van der Waals surface area contributed by atoms with Gasteiger partial charge >= 0.3 is 0 Å². The lowest BCUT2D eigenvalue weighted by Gasteiger charge is -2.19. The highest BCUT2D eigenvalue weighted by atomic mass is 16.5. The number of aryl methyl sites for hydroxylation is 1. The minimum Gasteiger partial charge on any atom is -0.493 e. The lowest BCUT2D eigenvalue weighted by molar-refractivity contribution is 0.312. The van der Waals surface area contributed by atoms with E-state index < -0.39 is 0 Å². The molecular weight excluding hydrogens is 250 g/mol. The minimum absolute atomic E-state index is 0.00440. The summed E-state index contributed by atoms with van der Waals surface area (Å²) in [6.07, 6.45) is 2.78. The van der Waals surface area contributed by atoms with Crippen LogP contribution in [-0.4, -0.2) is 23.6 Å². The van der Waals surface area contributed by atoms with Crippen molar-refractivity contribution in [1.29, 1.82) is 0 Å². The summed E-state index contributed by atoms with van der Waals surface area (Å²) < 4.78 is 5.84. The van der Waals surface area contributed by atoms with E-state index in [9.17, 15) is 0 Å². The fraction of sp³-hybridized carbons (Fsp3) is 0.375. The molecule has 4 nitrogen and oxygen atoms in total. The lowest BCUT2D eigenvalue weighted by atomic mass is 10.0. The third kappa shape index (κ3) is 3.33. The van der Waals surface area contributed by atoms with E-state index in [0.29, 0.717) is 0 Å². The first kappa shape index (κ1) is 14.5. The molecule has 0 radical (unpaired) electrons. The number of ether oxygens (including phenoxy) is 1. The van der Waals surface area contributed by atoms with Gasteiger partial charge in [0.15, 0.2) is 0 Å². The molecule has 0 saturated heterocycles. The van der Waals surface area contributed by atoms with Gasteiger partial charge in [0.1, 0.15) is 11.6 Å². The molecule has 0 aliphatic rings. The fourth-order valence-corrected chi connectivity index (χ4v) is 2.16. The maximum Gasteiger partial charge on any atom is 0.125 e. The molecule has 1 atom stereocenters. The monoisotopic (exact) mass is 271 g/mol. The third-order valence-corrected chi connectivity index (χ3v) is 3.07. The highest BCUT2D eigenvalue weighted by Crippen LogP contribution is 2.28. The zero-order valence-corrected chi connectivity index (χ0v) is 12.3. The molecule has 0 aliphatic carbocycles. The van der Waals surface area contributed by atoms with Crippen LogP contribution in [0.5, 0.6) is 5.75 Å². The number of hydrogen-bond acceptors (Lipinski definition) is 4. The maximum atomic E-state index is 5.84. The van der Waals surface area contributed by atoms with Crippen molar-refractivity contribution in [3.05, 3.63) is 53.6 Å². The average molecular weight is 271 g/mol. The second-order valence-corrected chi connectivity index (χ2v) is 4.64. The van der Waals surface area contributed by atoms with Crippen LogP contribution < -0.4 is 10.1 Å². The number of benzene rings is 1. The molecule has 0 bridgehead atoms. The van der Waals surface area contributed by atoms with Crippen molar-refractivity contribution in [1.82, 2.24) is 15.3 Å². The van der Waals surface area contributed by atoms with Crippen LogP contribution in [0.25, 0.3) is 0 Å². The van der Waals surface area contributed by atoms with E-state index in [4.69, 9.17) is 4.74 Å². The summed E-state index contributed by atoms with van der Waals surface area (Å²) in [5.41, 5.74) is 2.05. The molecule has 2 rings (SSSR count). The maximum absolute atomic E-state index is 5.84. The van der Waals surface area contributed by atoms with E-state index >= 15 is 0 Å². The number of nitrogens with zero attached hydrogens (tertiary/aromatic N) is 2. The summed E-state index contributed by atoms with van der Waals surface area (Å²) in [7, 11) is 1.93. The molecule has 20 heavy (non-hydrogen) atoms. The van der Waals surface area contributed by atoms with E-state index in [-0.39, 0.29) is 6.04 Å². The molecular formula is C16H21N3O. The van der Waals surface area contributed by atoms with Gasteiger partial charge in [0, 0.05) is 11.8 Å². The molecule has 1 aromatic carbocycles. The summed E-state index contributed by atoms with van der Waals surface area (Å²) in [6, 6.07) is 10.0. The number of hydrogen-bond donors (Lipinski definition) is 1. The van der Waals surface area contributed by atoms with Gasteiger partial charge in [0.05, 0.1) is 18.3 Å². The van der Waals surface area contributed by atoms with E-state index in [2.05, 4.69) is 28.3 Å². The number of nitrogens with one attached hydrogen (secondary N) is 1. The van der Waals surface area contributed by atoms with Crippen molar-refractivity contribution in [2.24, 2.45) is 0 Å². The predicted molar refractivity (Wildman–Crippen MR) is 79.9 cm³/mol. The van der Waals surface area contributed by atoms with Crippen molar-refractivity contribution in [3.63, 3.8) is 0 Å². The quantitative estimate of drug-likeness (QED) is 0.877. The summed E-state index contributed by atoms with van der Waals surface area (Å²) >= 11 is 0. The molecule has 2 aromatic rings. The van der Waals surface area contributed by atoms with Crippen LogP contribution in [0.4, 0.5) is 0 Å². The Labute approximate surface area is 120 Å². The first-order valence-corrected chi connectivity index (χ1v) is 6.94. The zero-order valence-electron chi connectivity index (χ0n) is 12.3. The van der Waals surface area contributed by atoms with Crippen molar-refractivity contribution in [2.45, 2.75) is 26.3 Å². The van der Waals surface area contributed by atoms with Crippen molar-refractivity contribution in [3.8, 4) is 5.75 Å². The van der Waals surface area contributed by atoms with Gasteiger partial charge in [-0.2, -0.15) is 0 Å². The molecule has 0 spiro atoms. The van der Waals surface area contributed by atoms with Gasteiger partial charge in [-0.3, -0.25) is 0 Å². The summed E-state index contributed by atoms with van der Waals surface area (Å²) in [5, 5.41) is 3.31. The molecule has 0 saturated carbocycles. The Morgan fingerprint density at radius 3 is 2.75 bits per heavy atom. The SMILES string of the molecule is CCCOc1ccccc1C(NC)c1ccnc(C)n1. The molecule has 0 amide bonds. The Morgan fingerprint density at radius 1 is 1.25 bits per heavy atom. The van der Waals surface area contributed by atoms with Gasteiger partial charge in [-0.15, -0.1) is 0 Å². The molecule has 1 heterocycles. The van der Waals surface area contributed by atoms with E-state index in [1.54, 1.807) is 6.20 Å². The Balaban J connectivity index is 2.36. The predicted octanol–water partition coefficient (Wildman–Crippen LogP) is 2.88. The van der Waals surface area contributed by atoms with Crippen LogP contribution in [0.1, 0.15) is 36.5 Å². The van der Waals surface area contributed by atoms with Crippen LogP contribution in [-0.2, 0) is 0 Å². The molecule has 1 unspecified atom stereocenters. The summed E-state index contributed by atoms with van der Waals surface area (Å²) in [5.74, 6) is 1.68. The van der Waals surface area contributed by atoms with Crippen LogP contribution in [0.3, 0.4) is 0 Å². The standard InChI is InChI=1S/C16H21N3O/c1-4-11-20-15-8-6-5-7-13(15)16(17-3)14-9-10-18-12(2)19-14/h5-10,16-17H,4,11H2,1-3H3. The molecule has 1 N–H and O–H groups in total. The number of para-hydroxylation sites is 1. The summed E-state index contributed by atoms with van der Waals surface area (Å²) in [6.45, 7) is 4.72. The molecule has 0 aliphatic heterocycles. The topological polar surface area (TPSA) is 47.0 Å². The van der Waals surface area contributed by atoms with Crippen molar-refractivity contribution in [2.75, 3.05) is 13.7 Å². The van der Waals surface area contributed by atoms with Gasteiger partial charge < -0.3 is 10.1 Å². The lowest BCUT2D eigenvalue weighted by Crippen LogP contribution is -2.20. The Kier molecular flexibility index (Phi) is 5.07. The Morgan fingerprint density at radius 2 is 2.05 bits per heavy atom. The van der Waals surface area contributed by atoms with E-state index in [0.717, 1.165) is 35.9 Å². The molecule has 106 valence electrons. The Bertz CT molecular complexity index is 557. The highest BCUT2D eigenvalue weighted by molar-refractivity contribution is 5.39. The van der Waals surface area contributed by atoms with Crippen LogP contribution >= 0.6 is 0 Å². The molecule has 4 heteroatoms. The minimum atomic E-state index is 0.00440. The fourth-order valence-electron chi connectivity index (χ4n) is 2.16. The van der Waals surface area contributed by atoms with Gasteiger partial charge in [-0.25, -0.2) is 9.97 Å². The van der Waals surface area contributed by atoms with Crippen LogP contribution in [0.15, 0.2) is 36.5 Å². The smallest absolute Gasteiger partial charge is 0.125 e. The second-order valence-electron chi connectivity index (χ2n) is 4.64. The largest absolute Gasteiger partial charge is 0.493 e. The van der Waals surface area contributed by atoms with E-state index in [1.807, 2.05) is 38.2 Å². The first-order chi connectivity index (χ1) is 9.76. The average Bonchev–Trinajstić information content (AvgIpc) is 2.47. The van der Waals surface area contributed by atoms with Gasteiger partial charge in [0.25, 0.3) is 0 Å². The highest BCUT2D eigenvalue weighted by Gasteiger charge is 2.17. The van der Waals surface area contributed by atoms with Crippen molar-refractivity contribution >= 4 is 0 Å². The number of rotatable bonds is 6. The number of aromatic nitrogens is 2. The Hall–Kier alpha value is -1.94. The van der Waals surface area contributed by atoms with Gasteiger partial charge in [-0.1, -0.05) is 25.1 Å². The van der Waals surface area contributed by atoms with Gasteiger partial charge in [0.2, 0.25) is 0 Å². The molecule has 0 fully saturated rings. The third-order valence-electron chi connectivity index (χ3n) is 3.07. The van der Waals surface area contributed by atoms with Crippen LogP contribution in [0.2, 0.25) is 0 Å². The van der Waals surface area contributed by atoms with E-state index in [1.165, 1.54) is 0 Å². The summed E-state index contributed by atoms with van der Waals surface area (Å²) in [4.78, 5) is 8.67. The molecule has 1 aromatic heterocycles. The first-order valence-electron chi connectivity index (χ1n) is 6.94.